The molecule has 1 saturated carbocycles. The number of hydrogen-bond acceptors (Lipinski definition) is 3. The van der Waals surface area contributed by atoms with E-state index in [9.17, 15) is 18.0 Å². The van der Waals surface area contributed by atoms with Crippen molar-refractivity contribution in [2.75, 3.05) is 0 Å². The molecule has 8 heteroatoms. The zero-order valence-corrected chi connectivity index (χ0v) is 11.4. The van der Waals surface area contributed by atoms with Crippen LogP contribution in [-0.4, -0.2) is 28.1 Å². The minimum Gasteiger partial charge on any atom is -0.273 e. The highest BCUT2D eigenvalue weighted by molar-refractivity contribution is 5.82. The van der Waals surface area contributed by atoms with E-state index in [0.29, 0.717) is 0 Å². The molecule has 1 amide bonds. The zero-order valence-electron chi connectivity index (χ0n) is 11.4. The van der Waals surface area contributed by atoms with Crippen molar-refractivity contribution in [3.63, 3.8) is 0 Å². The van der Waals surface area contributed by atoms with E-state index in [1.807, 2.05) is 0 Å². The minimum atomic E-state index is -4.31. The number of carbonyl (C=O) groups excluding carboxylic acids is 1. The van der Waals surface area contributed by atoms with Crippen molar-refractivity contribution in [3.8, 4) is 0 Å². The lowest BCUT2D eigenvalue weighted by atomic mass is 9.89. The summed E-state index contributed by atoms with van der Waals surface area (Å²) in [6.45, 7) is -1.14. The Balaban J connectivity index is 1.82. The van der Waals surface area contributed by atoms with Crippen LogP contribution in [0.5, 0.6) is 0 Å². The Labute approximate surface area is 120 Å². The first-order valence-electron chi connectivity index (χ1n) is 6.87. The van der Waals surface area contributed by atoms with Gasteiger partial charge in [0, 0.05) is 12.1 Å². The second-order valence-corrected chi connectivity index (χ2v) is 5.12. The van der Waals surface area contributed by atoms with E-state index in [2.05, 4.69) is 15.6 Å². The van der Waals surface area contributed by atoms with Crippen molar-refractivity contribution in [3.05, 3.63) is 18.0 Å². The fourth-order valence-electron chi connectivity index (χ4n) is 2.34. The van der Waals surface area contributed by atoms with Crippen molar-refractivity contribution in [2.45, 2.75) is 44.8 Å². The molecule has 116 valence electrons. The molecule has 0 bridgehead atoms. The van der Waals surface area contributed by atoms with Gasteiger partial charge in [-0.3, -0.25) is 9.48 Å². The Morgan fingerprint density at radius 3 is 2.81 bits per heavy atom. The minimum absolute atomic E-state index is 0.0151. The van der Waals surface area contributed by atoms with Crippen LogP contribution in [0.15, 0.2) is 17.4 Å². The molecule has 0 atom stereocenters. The van der Waals surface area contributed by atoms with Gasteiger partial charge < -0.3 is 0 Å². The quantitative estimate of drug-likeness (QED) is 0.686. The van der Waals surface area contributed by atoms with E-state index in [0.717, 1.165) is 36.8 Å². The third kappa shape index (κ3) is 5.20. The summed E-state index contributed by atoms with van der Waals surface area (Å²) >= 11 is 0. The second kappa shape index (κ2) is 6.73. The summed E-state index contributed by atoms with van der Waals surface area (Å²) in [4.78, 5) is 11.8. The van der Waals surface area contributed by atoms with Gasteiger partial charge in [0.05, 0.1) is 6.21 Å². The highest BCUT2D eigenvalue weighted by atomic mass is 19.4. The standard InChI is InChI=1S/C13H17F3N4O/c14-13(15,16)9-20-7-6-11(19-20)8-17-18-12(21)10-4-2-1-3-5-10/h6-8,10H,1-5,9H2,(H,18,21)/b17-8-. The van der Waals surface area contributed by atoms with Crippen LogP contribution >= 0.6 is 0 Å². The van der Waals surface area contributed by atoms with Crippen LogP contribution in [0, 0.1) is 5.92 Å². The molecule has 1 aromatic heterocycles. The summed E-state index contributed by atoms with van der Waals surface area (Å²) in [5, 5.41) is 7.45. The van der Waals surface area contributed by atoms with Gasteiger partial charge in [0.1, 0.15) is 12.2 Å². The van der Waals surface area contributed by atoms with Gasteiger partial charge in [-0.2, -0.15) is 23.4 Å². The number of carbonyl (C=O) groups is 1. The maximum absolute atomic E-state index is 12.2. The van der Waals surface area contributed by atoms with Crippen molar-refractivity contribution in [1.82, 2.24) is 15.2 Å². The largest absolute Gasteiger partial charge is 0.408 e. The Morgan fingerprint density at radius 1 is 1.43 bits per heavy atom. The maximum Gasteiger partial charge on any atom is 0.408 e. The van der Waals surface area contributed by atoms with Crippen LogP contribution in [0.4, 0.5) is 13.2 Å². The smallest absolute Gasteiger partial charge is 0.273 e. The lowest BCUT2D eigenvalue weighted by Gasteiger charge is -2.19. The van der Waals surface area contributed by atoms with Crippen LogP contribution < -0.4 is 5.43 Å². The van der Waals surface area contributed by atoms with Crippen LogP contribution in [-0.2, 0) is 11.3 Å². The van der Waals surface area contributed by atoms with Gasteiger partial charge in [-0.05, 0) is 18.9 Å². The molecular weight excluding hydrogens is 285 g/mol. The third-order valence-corrected chi connectivity index (χ3v) is 3.35. The fourth-order valence-corrected chi connectivity index (χ4v) is 2.34. The van der Waals surface area contributed by atoms with E-state index in [4.69, 9.17) is 0 Å². The molecule has 2 rings (SSSR count). The van der Waals surface area contributed by atoms with E-state index in [1.54, 1.807) is 0 Å². The average molecular weight is 302 g/mol. The number of hydrogen-bond donors (Lipinski definition) is 1. The first-order valence-corrected chi connectivity index (χ1v) is 6.87. The maximum atomic E-state index is 12.2. The number of nitrogens with one attached hydrogen (secondary N) is 1. The molecule has 0 aliphatic heterocycles. The highest BCUT2D eigenvalue weighted by Gasteiger charge is 2.28. The van der Waals surface area contributed by atoms with Gasteiger partial charge in [0.15, 0.2) is 0 Å². The molecule has 1 aliphatic carbocycles. The summed E-state index contributed by atoms with van der Waals surface area (Å²) in [6, 6.07) is 1.40. The third-order valence-electron chi connectivity index (χ3n) is 3.35. The topological polar surface area (TPSA) is 59.3 Å². The number of halogens is 3. The molecule has 21 heavy (non-hydrogen) atoms. The second-order valence-electron chi connectivity index (χ2n) is 5.12. The number of amides is 1. The highest BCUT2D eigenvalue weighted by Crippen LogP contribution is 2.23. The summed E-state index contributed by atoms with van der Waals surface area (Å²) in [5.41, 5.74) is 2.68. The van der Waals surface area contributed by atoms with Crippen molar-refractivity contribution >= 4 is 12.1 Å². The Kier molecular flexibility index (Phi) is 4.98. The van der Waals surface area contributed by atoms with Crippen molar-refractivity contribution in [2.24, 2.45) is 11.0 Å². The normalized spacial score (nSPS) is 17.3. The number of aromatic nitrogens is 2. The van der Waals surface area contributed by atoms with E-state index in [-0.39, 0.29) is 17.5 Å². The molecular formula is C13H17F3N4O. The lowest BCUT2D eigenvalue weighted by Crippen LogP contribution is -2.28. The first-order chi connectivity index (χ1) is 9.94. The predicted octanol–water partition coefficient (Wildman–Crippen LogP) is 2.48. The fraction of sp³-hybridized carbons (Fsp3) is 0.615. The Bertz CT molecular complexity index is 504. The monoisotopic (exact) mass is 302 g/mol. The Hall–Kier alpha value is -1.86. The van der Waals surface area contributed by atoms with Gasteiger partial charge in [-0.25, -0.2) is 5.43 Å². The van der Waals surface area contributed by atoms with E-state index in [1.165, 1.54) is 18.5 Å². The molecule has 0 radical (unpaired) electrons. The number of hydrazone groups is 1. The van der Waals surface area contributed by atoms with Gasteiger partial charge in [0.25, 0.3) is 0 Å². The van der Waals surface area contributed by atoms with Crippen LogP contribution in [0.2, 0.25) is 0 Å². The van der Waals surface area contributed by atoms with Gasteiger partial charge in [-0.15, -0.1) is 0 Å². The summed E-state index contributed by atoms with van der Waals surface area (Å²) < 4.78 is 37.3. The molecule has 0 unspecified atom stereocenters. The summed E-state index contributed by atoms with van der Waals surface area (Å²) in [7, 11) is 0. The van der Waals surface area contributed by atoms with Gasteiger partial charge in [-0.1, -0.05) is 19.3 Å². The molecule has 0 spiro atoms. The van der Waals surface area contributed by atoms with E-state index < -0.39 is 12.7 Å². The number of rotatable bonds is 4. The molecule has 5 nitrogen and oxygen atoms in total. The molecule has 1 heterocycles. The summed E-state index contributed by atoms with van der Waals surface area (Å²) in [5.74, 6) is -0.153. The van der Waals surface area contributed by atoms with Crippen LogP contribution in [0.3, 0.4) is 0 Å². The molecule has 1 fully saturated rings. The number of nitrogens with zero attached hydrogens (tertiary/aromatic N) is 3. The summed E-state index contributed by atoms with van der Waals surface area (Å²) in [6.07, 6.45) is 3.13. The lowest BCUT2D eigenvalue weighted by molar-refractivity contribution is -0.142. The van der Waals surface area contributed by atoms with Gasteiger partial charge in [0.2, 0.25) is 5.91 Å². The predicted molar refractivity (Wildman–Crippen MR) is 70.6 cm³/mol. The van der Waals surface area contributed by atoms with Crippen molar-refractivity contribution in [1.29, 1.82) is 0 Å². The number of alkyl halides is 3. The van der Waals surface area contributed by atoms with Gasteiger partial charge >= 0.3 is 6.18 Å². The van der Waals surface area contributed by atoms with Crippen molar-refractivity contribution < 1.29 is 18.0 Å². The molecule has 0 aromatic carbocycles. The molecule has 1 aliphatic rings. The first kappa shape index (κ1) is 15.5. The SMILES string of the molecule is O=C(N/N=C\c1ccn(CC(F)(F)F)n1)C1CCCCC1. The molecule has 0 saturated heterocycles. The van der Waals surface area contributed by atoms with Crippen LogP contribution in [0.1, 0.15) is 37.8 Å². The average Bonchev–Trinajstić information content (AvgIpc) is 2.85. The molecule has 1 N–H and O–H groups in total. The van der Waals surface area contributed by atoms with Crippen LogP contribution in [0.25, 0.3) is 0 Å². The van der Waals surface area contributed by atoms with E-state index >= 15 is 0 Å². The molecule has 1 aromatic rings. The Morgan fingerprint density at radius 2 is 2.14 bits per heavy atom. The zero-order chi connectivity index (χ0) is 15.3.